The van der Waals surface area contributed by atoms with E-state index in [1.165, 1.54) is 0 Å². The quantitative estimate of drug-likeness (QED) is 0.648. The van der Waals surface area contributed by atoms with E-state index in [2.05, 4.69) is 0 Å². The normalized spacial score (nSPS) is 14.2. The number of hydrogen-bond donors (Lipinski definition) is 2. The van der Waals surface area contributed by atoms with Crippen molar-refractivity contribution in [3.05, 3.63) is 0 Å². The molecule has 0 spiro atoms. The topological polar surface area (TPSA) is 89.3 Å². The monoisotopic (exact) mass is 208 g/mol. The van der Waals surface area contributed by atoms with Crippen molar-refractivity contribution >= 4 is 15.9 Å². The third-order valence-corrected chi connectivity index (χ3v) is 1.92. The fourth-order valence-corrected chi connectivity index (χ4v) is 1.39. The summed E-state index contributed by atoms with van der Waals surface area (Å²) in [7, 11) is -3.48. The first kappa shape index (κ1) is 12.4. The van der Waals surface area contributed by atoms with Crippen molar-refractivity contribution in [3.63, 3.8) is 0 Å². The van der Waals surface area contributed by atoms with Gasteiger partial charge >= 0.3 is 0 Å². The maximum atomic E-state index is 11.1. The smallest absolute Gasteiger partial charge is 0.250 e. The molecule has 1 atom stereocenters. The van der Waals surface area contributed by atoms with Crippen LogP contribution >= 0.6 is 0 Å². The number of carbonyl (C=O) groups is 1. The molecule has 0 bridgehead atoms. The lowest BCUT2D eigenvalue weighted by atomic mass is 10.0. The molecule has 1 amide bonds. The first-order chi connectivity index (χ1) is 5.72. The molecule has 0 radical (unpaired) electrons. The molecule has 0 aliphatic rings. The number of nitrogens with two attached hydrogens (primary N) is 1. The van der Waals surface area contributed by atoms with Gasteiger partial charge in [0, 0.05) is 0 Å². The first-order valence-corrected chi connectivity index (χ1v) is 5.88. The van der Waals surface area contributed by atoms with Gasteiger partial charge in [0.15, 0.2) is 0 Å². The van der Waals surface area contributed by atoms with Gasteiger partial charge in [0.05, 0.1) is 12.3 Å². The number of sulfonamides is 1. The Balaban J connectivity index is 4.13. The van der Waals surface area contributed by atoms with Crippen LogP contribution in [-0.2, 0) is 14.8 Å². The molecule has 0 heterocycles. The number of rotatable bonds is 4. The van der Waals surface area contributed by atoms with E-state index >= 15 is 0 Å². The summed E-state index contributed by atoms with van der Waals surface area (Å²) in [6.45, 7) is 3.82. The van der Waals surface area contributed by atoms with Gasteiger partial charge in [-0.1, -0.05) is 13.8 Å². The Labute approximate surface area is 78.7 Å². The summed E-state index contributed by atoms with van der Waals surface area (Å²) >= 11 is 0. The van der Waals surface area contributed by atoms with Crippen molar-refractivity contribution in [1.82, 2.24) is 4.72 Å². The largest absolute Gasteiger partial charge is 0.320 e. The summed E-state index contributed by atoms with van der Waals surface area (Å²) in [5.41, 5.74) is 5.45. The Kier molecular flexibility index (Phi) is 4.35. The zero-order valence-corrected chi connectivity index (χ0v) is 8.89. The molecule has 0 aliphatic heterocycles. The lowest BCUT2D eigenvalue weighted by Gasteiger charge is -2.12. The van der Waals surface area contributed by atoms with E-state index < -0.39 is 22.0 Å². The highest BCUT2D eigenvalue weighted by Gasteiger charge is 2.17. The van der Waals surface area contributed by atoms with Crippen LogP contribution in [0, 0.1) is 5.92 Å². The SMILES string of the molecule is CC(C)C[C@H](N)C(=O)NS(C)(=O)=O. The molecule has 0 unspecified atom stereocenters. The van der Waals surface area contributed by atoms with E-state index in [4.69, 9.17) is 5.73 Å². The molecule has 0 aromatic carbocycles. The third kappa shape index (κ3) is 6.53. The number of nitrogens with one attached hydrogen (secondary N) is 1. The lowest BCUT2D eigenvalue weighted by Crippen LogP contribution is -2.43. The zero-order valence-electron chi connectivity index (χ0n) is 8.07. The van der Waals surface area contributed by atoms with Gasteiger partial charge in [-0.3, -0.25) is 9.52 Å². The summed E-state index contributed by atoms with van der Waals surface area (Å²) < 4.78 is 23.1. The molecular weight excluding hydrogens is 192 g/mol. The molecular formula is C7H16N2O3S. The summed E-state index contributed by atoms with van der Waals surface area (Å²) in [6.07, 6.45) is 1.40. The van der Waals surface area contributed by atoms with E-state index in [0.717, 1.165) is 6.26 Å². The molecule has 0 fully saturated rings. The molecule has 0 aliphatic carbocycles. The number of amides is 1. The Morgan fingerprint density at radius 2 is 1.92 bits per heavy atom. The highest BCUT2D eigenvalue weighted by Crippen LogP contribution is 2.02. The molecule has 0 saturated carbocycles. The van der Waals surface area contributed by atoms with E-state index in [-0.39, 0.29) is 5.92 Å². The van der Waals surface area contributed by atoms with Crippen LogP contribution in [0.2, 0.25) is 0 Å². The van der Waals surface area contributed by atoms with Crippen LogP contribution in [0.1, 0.15) is 20.3 Å². The van der Waals surface area contributed by atoms with Crippen LogP contribution in [0.3, 0.4) is 0 Å². The van der Waals surface area contributed by atoms with E-state index in [1.807, 2.05) is 18.6 Å². The average Bonchev–Trinajstić information content (AvgIpc) is 1.81. The maximum Gasteiger partial charge on any atom is 0.250 e. The van der Waals surface area contributed by atoms with Gasteiger partial charge in [-0.15, -0.1) is 0 Å². The second-order valence-corrected chi connectivity index (χ2v) is 5.22. The van der Waals surface area contributed by atoms with Crippen molar-refractivity contribution in [1.29, 1.82) is 0 Å². The van der Waals surface area contributed by atoms with Crippen molar-refractivity contribution in [2.75, 3.05) is 6.26 Å². The average molecular weight is 208 g/mol. The third-order valence-electron chi connectivity index (χ3n) is 1.35. The second kappa shape index (κ2) is 4.57. The lowest BCUT2D eigenvalue weighted by molar-refractivity contribution is -0.120. The minimum Gasteiger partial charge on any atom is -0.320 e. The summed E-state index contributed by atoms with van der Waals surface area (Å²) in [5.74, 6) is -0.378. The van der Waals surface area contributed by atoms with Crippen LogP contribution in [0.4, 0.5) is 0 Å². The molecule has 78 valence electrons. The number of carbonyl (C=O) groups excluding carboxylic acids is 1. The highest BCUT2D eigenvalue weighted by atomic mass is 32.2. The molecule has 6 heteroatoms. The van der Waals surface area contributed by atoms with Gasteiger partial charge in [0.25, 0.3) is 0 Å². The van der Waals surface area contributed by atoms with Crippen molar-refractivity contribution in [2.45, 2.75) is 26.3 Å². The molecule has 0 aromatic rings. The summed E-state index contributed by atoms with van der Waals surface area (Å²) in [5, 5.41) is 0. The van der Waals surface area contributed by atoms with Crippen molar-refractivity contribution in [3.8, 4) is 0 Å². The molecule has 13 heavy (non-hydrogen) atoms. The van der Waals surface area contributed by atoms with E-state index in [1.54, 1.807) is 0 Å². The summed E-state index contributed by atoms with van der Waals surface area (Å²) in [4.78, 5) is 11.1. The maximum absolute atomic E-state index is 11.1. The minimum absolute atomic E-state index is 0.264. The first-order valence-electron chi connectivity index (χ1n) is 3.99. The Morgan fingerprint density at radius 1 is 1.46 bits per heavy atom. The molecule has 0 aromatic heterocycles. The molecule has 0 saturated heterocycles. The molecule has 3 N–H and O–H groups in total. The van der Waals surface area contributed by atoms with Gasteiger partial charge in [0.2, 0.25) is 15.9 Å². The molecule has 0 rings (SSSR count). The van der Waals surface area contributed by atoms with Crippen LogP contribution < -0.4 is 10.5 Å². The van der Waals surface area contributed by atoms with Gasteiger partial charge in [0.1, 0.15) is 0 Å². The van der Waals surface area contributed by atoms with Gasteiger partial charge in [-0.2, -0.15) is 0 Å². The van der Waals surface area contributed by atoms with Crippen LogP contribution in [0.25, 0.3) is 0 Å². The fourth-order valence-electron chi connectivity index (χ4n) is 0.873. The van der Waals surface area contributed by atoms with Crippen LogP contribution in [0.15, 0.2) is 0 Å². The minimum atomic E-state index is -3.48. The van der Waals surface area contributed by atoms with Gasteiger partial charge in [-0.05, 0) is 12.3 Å². The standard InChI is InChI=1S/C7H16N2O3S/c1-5(2)4-6(8)7(10)9-13(3,11)12/h5-6H,4,8H2,1-3H3,(H,9,10)/t6-/m0/s1. The summed E-state index contributed by atoms with van der Waals surface area (Å²) in [6, 6.07) is -0.755. The van der Waals surface area contributed by atoms with Crippen molar-refractivity contribution in [2.24, 2.45) is 11.7 Å². The van der Waals surface area contributed by atoms with Crippen LogP contribution in [-0.4, -0.2) is 26.6 Å². The zero-order chi connectivity index (χ0) is 10.6. The van der Waals surface area contributed by atoms with E-state index in [0.29, 0.717) is 6.42 Å². The Morgan fingerprint density at radius 3 is 2.23 bits per heavy atom. The molecule has 5 nitrogen and oxygen atoms in total. The predicted molar refractivity (Wildman–Crippen MR) is 50.4 cm³/mol. The second-order valence-electron chi connectivity index (χ2n) is 3.47. The fraction of sp³-hybridized carbons (Fsp3) is 0.857. The van der Waals surface area contributed by atoms with Crippen molar-refractivity contribution < 1.29 is 13.2 Å². The number of hydrogen-bond acceptors (Lipinski definition) is 4. The predicted octanol–water partition coefficient (Wildman–Crippen LogP) is -0.564. The van der Waals surface area contributed by atoms with Gasteiger partial charge < -0.3 is 5.73 Å². The highest BCUT2D eigenvalue weighted by molar-refractivity contribution is 7.89. The van der Waals surface area contributed by atoms with Crippen LogP contribution in [0.5, 0.6) is 0 Å². The Hall–Kier alpha value is -0.620. The Bertz CT molecular complexity index is 271. The van der Waals surface area contributed by atoms with E-state index in [9.17, 15) is 13.2 Å². The van der Waals surface area contributed by atoms with Gasteiger partial charge in [-0.25, -0.2) is 8.42 Å².